The van der Waals surface area contributed by atoms with Crippen molar-refractivity contribution in [3.8, 4) is 16.3 Å². The van der Waals surface area contributed by atoms with E-state index in [-0.39, 0.29) is 17.3 Å². The van der Waals surface area contributed by atoms with Crippen LogP contribution in [0.5, 0.6) is 5.88 Å². The van der Waals surface area contributed by atoms with Crippen LogP contribution in [0.2, 0.25) is 0 Å². The molecule has 7 nitrogen and oxygen atoms in total. The summed E-state index contributed by atoms with van der Waals surface area (Å²) in [5, 5.41) is 0.751. The Morgan fingerprint density at radius 2 is 1.73 bits per heavy atom. The van der Waals surface area contributed by atoms with E-state index in [1.807, 2.05) is 36.4 Å². The maximum absolute atomic E-state index is 12.7. The van der Waals surface area contributed by atoms with Gasteiger partial charge in [0, 0.05) is 23.5 Å². The summed E-state index contributed by atoms with van der Waals surface area (Å²) < 4.78 is 32.5. The number of Topliss-reactive ketones (excluding diaryl/α,β-unsaturated/α-hetero) is 1. The molecule has 1 fully saturated rings. The second-order valence-corrected chi connectivity index (χ2v) is 10.7. The molecule has 1 aliphatic rings. The van der Waals surface area contributed by atoms with E-state index >= 15 is 0 Å². The number of sulfonamides is 1. The van der Waals surface area contributed by atoms with Gasteiger partial charge < -0.3 is 4.74 Å². The van der Waals surface area contributed by atoms with E-state index in [0.717, 1.165) is 33.5 Å². The van der Waals surface area contributed by atoms with Gasteiger partial charge in [-0.15, -0.1) is 11.3 Å². The molecule has 2 aromatic heterocycles. The number of hydrogen-bond donors (Lipinski definition) is 0. The van der Waals surface area contributed by atoms with Crippen molar-refractivity contribution in [2.24, 2.45) is 0 Å². The Kier molecular flexibility index (Phi) is 5.92. The van der Waals surface area contributed by atoms with Crippen LogP contribution < -0.4 is 4.74 Å². The average Bonchev–Trinajstić information content (AvgIpc) is 3.54. The number of ether oxygens (including phenoxy) is 1. The molecule has 0 aliphatic carbocycles. The van der Waals surface area contributed by atoms with Crippen LogP contribution in [0.15, 0.2) is 71.9 Å². The first-order chi connectivity index (χ1) is 16.0. The van der Waals surface area contributed by atoms with E-state index < -0.39 is 10.0 Å². The molecule has 0 unspecified atom stereocenters. The van der Waals surface area contributed by atoms with E-state index in [0.29, 0.717) is 24.5 Å². The van der Waals surface area contributed by atoms with Crippen molar-refractivity contribution >= 4 is 37.4 Å². The largest absolute Gasteiger partial charge is 0.469 e. The zero-order valence-corrected chi connectivity index (χ0v) is 19.3. The molecular formula is C24H21N3O4S2. The zero-order valence-electron chi connectivity index (χ0n) is 17.7. The number of benzene rings is 2. The highest BCUT2D eigenvalue weighted by molar-refractivity contribution is 7.89. The van der Waals surface area contributed by atoms with Crippen molar-refractivity contribution in [1.29, 1.82) is 0 Å². The molecule has 9 heteroatoms. The monoisotopic (exact) mass is 479 g/mol. The highest BCUT2D eigenvalue weighted by Crippen LogP contribution is 2.35. The van der Waals surface area contributed by atoms with E-state index in [1.54, 1.807) is 0 Å². The summed E-state index contributed by atoms with van der Waals surface area (Å²) in [5.74, 6) is 0.0883. The number of thiophene rings is 1. The van der Waals surface area contributed by atoms with Gasteiger partial charge in [-0.25, -0.2) is 18.4 Å². The van der Waals surface area contributed by atoms with Crippen LogP contribution in [0.1, 0.15) is 23.2 Å². The van der Waals surface area contributed by atoms with E-state index in [4.69, 9.17) is 4.74 Å². The van der Waals surface area contributed by atoms with Crippen LogP contribution in [0.25, 0.3) is 20.7 Å². The van der Waals surface area contributed by atoms with E-state index in [9.17, 15) is 13.2 Å². The minimum Gasteiger partial charge on any atom is -0.469 e. The number of carbonyl (C=O) groups excluding carboxylic acids is 1. The Labute approximate surface area is 195 Å². The van der Waals surface area contributed by atoms with Crippen molar-refractivity contribution in [2.75, 3.05) is 19.7 Å². The Morgan fingerprint density at radius 1 is 1.00 bits per heavy atom. The molecule has 0 spiro atoms. The maximum Gasteiger partial charge on any atom is 0.243 e. The quantitative estimate of drug-likeness (QED) is 0.365. The minimum absolute atomic E-state index is 0.200. The van der Waals surface area contributed by atoms with Crippen molar-refractivity contribution in [2.45, 2.75) is 17.7 Å². The van der Waals surface area contributed by atoms with Gasteiger partial charge in [0.15, 0.2) is 12.4 Å². The number of hydrogen-bond acceptors (Lipinski definition) is 7. The molecule has 0 bridgehead atoms. The zero-order chi connectivity index (χ0) is 22.8. The van der Waals surface area contributed by atoms with Gasteiger partial charge in [-0.1, -0.05) is 30.3 Å². The number of ketones is 1. The fourth-order valence-electron chi connectivity index (χ4n) is 3.80. The molecule has 168 valence electrons. The van der Waals surface area contributed by atoms with Crippen molar-refractivity contribution in [1.82, 2.24) is 14.3 Å². The number of nitrogens with zero attached hydrogens (tertiary/aromatic N) is 3. The lowest BCUT2D eigenvalue weighted by Gasteiger charge is -2.15. The molecule has 0 saturated carbocycles. The second-order valence-electron chi connectivity index (χ2n) is 7.72. The van der Waals surface area contributed by atoms with Crippen LogP contribution in [0, 0.1) is 0 Å². The first kappa shape index (κ1) is 21.7. The lowest BCUT2D eigenvalue weighted by atomic mass is 10.1. The fourth-order valence-corrected chi connectivity index (χ4v) is 6.31. The smallest absolute Gasteiger partial charge is 0.243 e. The topological polar surface area (TPSA) is 89.5 Å². The van der Waals surface area contributed by atoms with Gasteiger partial charge in [0.05, 0.1) is 10.3 Å². The summed E-state index contributed by atoms with van der Waals surface area (Å²) in [6, 6.07) is 17.9. The maximum atomic E-state index is 12.7. The summed E-state index contributed by atoms with van der Waals surface area (Å²) in [6.07, 6.45) is 3.17. The highest BCUT2D eigenvalue weighted by atomic mass is 32.2. The third-order valence-corrected chi connectivity index (χ3v) is 8.58. The molecule has 4 aromatic rings. The molecule has 1 aliphatic heterocycles. The summed E-state index contributed by atoms with van der Waals surface area (Å²) in [7, 11) is -3.51. The van der Waals surface area contributed by atoms with Crippen LogP contribution in [-0.2, 0) is 10.0 Å². The lowest BCUT2D eigenvalue weighted by Crippen LogP contribution is -2.27. The van der Waals surface area contributed by atoms with Gasteiger partial charge in [-0.05, 0) is 48.7 Å². The Balaban J connectivity index is 1.30. The summed E-state index contributed by atoms with van der Waals surface area (Å²) in [5.41, 5.74) is 1.46. The number of fused-ring (bicyclic) bond motifs is 1. The molecule has 5 rings (SSSR count). The molecule has 2 aromatic carbocycles. The van der Waals surface area contributed by atoms with Crippen molar-refractivity contribution in [3.63, 3.8) is 0 Å². The average molecular weight is 480 g/mol. The molecule has 0 N–H and O–H groups in total. The summed E-state index contributed by atoms with van der Waals surface area (Å²) in [6.45, 7) is 0.874. The van der Waals surface area contributed by atoms with E-state index in [1.165, 1.54) is 46.2 Å². The van der Waals surface area contributed by atoms with Crippen LogP contribution in [0.3, 0.4) is 0 Å². The van der Waals surface area contributed by atoms with Gasteiger partial charge in [0.2, 0.25) is 15.9 Å². The molecule has 33 heavy (non-hydrogen) atoms. The molecule has 0 radical (unpaired) electrons. The third-order valence-electron chi connectivity index (χ3n) is 5.57. The molecule has 0 atom stereocenters. The summed E-state index contributed by atoms with van der Waals surface area (Å²) in [4.78, 5) is 23.2. The van der Waals surface area contributed by atoms with Gasteiger partial charge in [-0.2, -0.15) is 4.31 Å². The first-order valence-electron chi connectivity index (χ1n) is 10.6. The standard InChI is InChI=1S/C24H21N3O4S2/c28-21(17-8-10-19(11-9-17)33(29,30)27-12-4-5-13-27)15-31-23-20-14-22(18-6-2-1-3-7-18)32-24(20)26-16-25-23/h1-3,6-11,14,16H,4-5,12-13,15H2. The SMILES string of the molecule is O=C(COc1ncnc2sc(-c3ccccc3)cc12)c1ccc(S(=O)(=O)N2CCCC2)cc1. The van der Waals surface area contributed by atoms with Crippen LogP contribution in [0.4, 0.5) is 0 Å². The van der Waals surface area contributed by atoms with E-state index in [2.05, 4.69) is 9.97 Å². The highest BCUT2D eigenvalue weighted by Gasteiger charge is 2.27. The number of carbonyl (C=O) groups is 1. The Morgan fingerprint density at radius 3 is 2.45 bits per heavy atom. The van der Waals surface area contributed by atoms with Gasteiger partial charge in [0.1, 0.15) is 11.2 Å². The molecular weight excluding hydrogens is 458 g/mol. The Hall–Kier alpha value is -3.14. The normalized spacial score (nSPS) is 14.5. The van der Waals surface area contributed by atoms with Crippen LogP contribution >= 0.6 is 11.3 Å². The molecule has 3 heterocycles. The van der Waals surface area contributed by atoms with Crippen molar-refractivity contribution < 1.29 is 17.9 Å². The second kappa shape index (κ2) is 9.01. The molecule has 0 amide bonds. The first-order valence-corrected chi connectivity index (χ1v) is 12.8. The minimum atomic E-state index is -3.51. The van der Waals surface area contributed by atoms with Gasteiger partial charge >= 0.3 is 0 Å². The predicted octanol–water partition coefficient (Wildman–Crippen LogP) is 4.40. The van der Waals surface area contributed by atoms with Gasteiger partial charge in [0.25, 0.3) is 0 Å². The lowest BCUT2D eigenvalue weighted by molar-refractivity contribution is 0.0919. The number of rotatable bonds is 7. The predicted molar refractivity (Wildman–Crippen MR) is 127 cm³/mol. The number of aromatic nitrogens is 2. The summed E-state index contributed by atoms with van der Waals surface area (Å²) >= 11 is 1.53. The van der Waals surface area contributed by atoms with Gasteiger partial charge in [-0.3, -0.25) is 4.79 Å². The van der Waals surface area contributed by atoms with Crippen molar-refractivity contribution in [3.05, 3.63) is 72.6 Å². The third kappa shape index (κ3) is 4.39. The fraction of sp³-hybridized carbons (Fsp3) is 0.208. The Bertz CT molecular complexity index is 1390. The molecule has 1 saturated heterocycles. The van der Waals surface area contributed by atoms with Crippen LogP contribution in [-0.4, -0.2) is 48.2 Å².